The second-order valence-corrected chi connectivity index (χ2v) is 9.52. The van der Waals surface area contributed by atoms with Crippen molar-refractivity contribution >= 4 is 56.3 Å². The Hall–Kier alpha value is -0.390. The van der Waals surface area contributed by atoms with Gasteiger partial charge in [0.05, 0.1) is 17.3 Å². The predicted octanol–water partition coefficient (Wildman–Crippen LogP) is 1.18. The standard InChI is InChI=1S/C12H15N3O3S4/c16-12(7-19-4-5-20-8-12)6-13-22(17,18)10-3-1-2-9-11(10)15-21-14-9/h1-3,13,16H,4-8H2. The summed E-state index contributed by atoms with van der Waals surface area (Å²) >= 11 is 4.28. The summed E-state index contributed by atoms with van der Waals surface area (Å²) in [6.07, 6.45) is 0. The molecule has 1 aliphatic heterocycles. The van der Waals surface area contributed by atoms with Gasteiger partial charge in [0.15, 0.2) is 0 Å². The average Bonchev–Trinajstić information content (AvgIpc) is 2.87. The lowest BCUT2D eigenvalue weighted by atomic mass is 10.1. The molecule has 2 heterocycles. The Labute approximate surface area is 141 Å². The first-order chi connectivity index (χ1) is 10.5. The van der Waals surface area contributed by atoms with Gasteiger partial charge in [-0.1, -0.05) is 6.07 Å². The number of benzene rings is 1. The van der Waals surface area contributed by atoms with Gasteiger partial charge in [0.25, 0.3) is 0 Å². The number of aliphatic hydroxyl groups is 1. The Bertz CT molecular complexity index is 754. The number of nitrogens with one attached hydrogen (secondary N) is 1. The second-order valence-electron chi connectivity index (χ2n) is 5.04. The quantitative estimate of drug-likeness (QED) is 0.826. The van der Waals surface area contributed by atoms with Crippen LogP contribution < -0.4 is 4.72 Å². The van der Waals surface area contributed by atoms with E-state index in [1.807, 2.05) is 0 Å². The maximum atomic E-state index is 12.5. The molecule has 0 aliphatic carbocycles. The van der Waals surface area contributed by atoms with Gasteiger partial charge < -0.3 is 5.11 Å². The summed E-state index contributed by atoms with van der Waals surface area (Å²) < 4.78 is 35.7. The average molecular weight is 378 g/mol. The van der Waals surface area contributed by atoms with Crippen molar-refractivity contribution in [2.75, 3.05) is 29.6 Å². The summed E-state index contributed by atoms with van der Waals surface area (Å²) in [6.45, 7) is 0.00326. The number of nitrogens with zero attached hydrogens (tertiary/aromatic N) is 2. The van der Waals surface area contributed by atoms with E-state index in [0.717, 1.165) is 23.2 Å². The molecule has 3 rings (SSSR count). The van der Waals surface area contributed by atoms with Gasteiger partial charge in [-0.3, -0.25) is 0 Å². The Kier molecular flexibility index (Phi) is 4.95. The van der Waals surface area contributed by atoms with Crippen LogP contribution in [0, 0.1) is 0 Å². The minimum Gasteiger partial charge on any atom is -0.387 e. The summed E-state index contributed by atoms with van der Waals surface area (Å²) in [5.74, 6) is 3.02. The molecule has 0 saturated carbocycles. The molecule has 2 aromatic rings. The summed E-state index contributed by atoms with van der Waals surface area (Å²) in [6, 6.07) is 4.88. The van der Waals surface area contributed by atoms with Crippen molar-refractivity contribution < 1.29 is 13.5 Å². The van der Waals surface area contributed by atoms with Crippen LogP contribution in [0.4, 0.5) is 0 Å². The molecule has 0 amide bonds. The maximum absolute atomic E-state index is 12.5. The molecule has 1 fully saturated rings. The van der Waals surface area contributed by atoms with Crippen LogP contribution in [0.1, 0.15) is 0 Å². The molecular formula is C12H15N3O3S4. The fourth-order valence-electron chi connectivity index (χ4n) is 2.09. The summed E-state index contributed by atoms with van der Waals surface area (Å²) in [5, 5.41) is 10.5. The van der Waals surface area contributed by atoms with Crippen LogP contribution in [0.25, 0.3) is 11.0 Å². The van der Waals surface area contributed by atoms with Gasteiger partial charge in [-0.2, -0.15) is 32.3 Å². The highest BCUT2D eigenvalue weighted by Gasteiger charge is 2.31. The van der Waals surface area contributed by atoms with Crippen LogP contribution in [0.5, 0.6) is 0 Å². The number of hydrogen-bond acceptors (Lipinski definition) is 8. The van der Waals surface area contributed by atoms with Crippen molar-refractivity contribution in [3.63, 3.8) is 0 Å². The highest BCUT2D eigenvalue weighted by atomic mass is 32.2. The zero-order chi connectivity index (χ0) is 15.6. The number of hydrogen-bond donors (Lipinski definition) is 2. The fraction of sp³-hybridized carbons (Fsp3) is 0.500. The fourth-order valence-corrected chi connectivity index (χ4v) is 6.50. The minimum atomic E-state index is -3.73. The van der Waals surface area contributed by atoms with Gasteiger partial charge >= 0.3 is 0 Å². The first-order valence-electron chi connectivity index (χ1n) is 6.59. The molecule has 0 radical (unpaired) electrons. The van der Waals surface area contributed by atoms with Gasteiger partial charge in [0.1, 0.15) is 15.9 Å². The van der Waals surface area contributed by atoms with Crippen LogP contribution >= 0.6 is 35.3 Å². The maximum Gasteiger partial charge on any atom is 0.242 e. The lowest BCUT2D eigenvalue weighted by molar-refractivity contribution is 0.0962. The van der Waals surface area contributed by atoms with Crippen LogP contribution in [0.2, 0.25) is 0 Å². The van der Waals surface area contributed by atoms with Crippen LogP contribution in [0.3, 0.4) is 0 Å². The van der Waals surface area contributed by atoms with Crippen LogP contribution in [-0.4, -0.2) is 57.4 Å². The smallest absolute Gasteiger partial charge is 0.242 e. The van der Waals surface area contributed by atoms with Crippen LogP contribution in [-0.2, 0) is 10.0 Å². The first-order valence-corrected chi connectivity index (χ1v) is 11.1. The van der Waals surface area contributed by atoms with Crippen molar-refractivity contribution in [3.8, 4) is 0 Å². The van der Waals surface area contributed by atoms with Crippen LogP contribution in [0.15, 0.2) is 23.1 Å². The third-order valence-electron chi connectivity index (χ3n) is 3.24. The Morgan fingerprint density at radius 3 is 2.68 bits per heavy atom. The van der Waals surface area contributed by atoms with Crippen molar-refractivity contribution in [3.05, 3.63) is 18.2 Å². The molecule has 1 aliphatic rings. The number of rotatable bonds is 4. The van der Waals surface area contributed by atoms with E-state index >= 15 is 0 Å². The third-order valence-corrected chi connectivity index (χ3v) is 7.95. The third kappa shape index (κ3) is 3.57. The number of sulfonamides is 1. The van der Waals surface area contributed by atoms with E-state index in [0.29, 0.717) is 22.5 Å². The lowest BCUT2D eigenvalue weighted by Crippen LogP contribution is -2.46. The van der Waals surface area contributed by atoms with Gasteiger partial charge in [-0.15, -0.1) is 0 Å². The van der Waals surface area contributed by atoms with E-state index in [1.165, 1.54) is 6.07 Å². The Morgan fingerprint density at radius 2 is 1.95 bits per heavy atom. The molecule has 0 atom stereocenters. The molecule has 0 unspecified atom stereocenters. The lowest BCUT2D eigenvalue weighted by Gasteiger charge is -2.25. The zero-order valence-corrected chi connectivity index (χ0v) is 14.8. The van der Waals surface area contributed by atoms with Crippen molar-refractivity contribution in [1.29, 1.82) is 0 Å². The van der Waals surface area contributed by atoms with Gasteiger partial charge in [-0.25, -0.2) is 13.1 Å². The van der Waals surface area contributed by atoms with Gasteiger partial charge in [0.2, 0.25) is 10.0 Å². The molecular weight excluding hydrogens is 362 g/mol. The summed E-state index contributed by atoms with van der Waals surface area (Å²) in [5.41, 5.74) is -0.0867. The normalized spacial score (nSPS) is 19.1. The number of aromatic nitrogens is 2. The SMILES string of the molecule is O=S(=O)(NCC1(O)CSCCSC1)c1cccc2nsnc12. The molecule has 120 valence electrons. The highest BCUT2D eigenvalue weighted by molar-refractivity contribution is 8.03. The molecule has 1 aromatic carbocycles. The Balaban J connectivity index is 1.80. The molecule has 22 heavy (non-hydrogen) atoms. The molecule has 1 saturated heterocycles. The molecule has 10 heteroatoms. The molecule has 1 aromatic heterocycles. The van der Waals surface area contributed by atoms with E-state index in [4.69, 9.17) is 0 Å². The summed E-state index contributed by atoms with van der Waals surface area (Å²) in [7, 11) is -3.73. The van der Waals surface area contributed by atoms with Crippen molar-refractivity contribution in [1.82, 2.24) is 13.5 Å². The monoisotopic (exact) mass is 377 g/mol. The number of thioether (sulfide) groups is 2. The molecule has 0 spiro atoms. The van der Waals surface area contributed by atoms with E-state index in [9.17, 15) is 13.5 Å². The molecule has 2 N–H and O–H groups in total. The topological polar surface area (TPSA) is 92.2 Å². The van der Waals surface area contributed by atoms with E-state index in [2.05, 4.69) is 13.5 Å². The highest BCUT2D eigenvalue weighted by Crippen LogP contribution is 2.25. The van der Waals surface area contributed by atoms with E-state index in [-0.39, 0.29) is 11.4 Å². The Morgan fingerprint density at radius 1 is 1.23 bits per heavy atom. The van der Waals surface area contributed by atoms with Crippen molar-refractivity contribution in [2.45, 2.75) is 10.5 Å². The van der Waals surface area contributed by atoms with Crippen molar-refractivity contribution in [2.24, 2.45) is 0 Å². The largest absolute Gasteiger partial charge is 0.387 e. The van der Waals surface area contributed by atoms with Gasteiger partial charge in [0, 0.05) is 29.6 Å². The van der Waals surface area contributed by atoms with E-state index < -0.39 is 15.6 Å². The second kappa shape index (κ2) is 6.62. The van der Waals surface area contributed by atoms with Gasteiger partial charge in [-0.05, 0) is 12.1 Å². The summed E-state index contributed by atoms with van der Waals surface area (Å²) in [4.78, 5) is 0.108. The van der Waals surface area contributed by atoms with E-state index in [1.54, 1.807) is 35.7 Å². The first kappa shape index (κ1) is 16.5. The predicted molar refractivity (Wildman–Crippen MR) is 92.2 cm³/mol. The minimum absolute atomic E-state index is 0.00326. The number of fused-ring (bicyclic) bond motifs is 1. The zero-order valence-electron chi connectivity index (χ0n) is 11.6. The molecule has 0 bridgehead atoms. The molecule has 6 nitrogen and oxygen atoms in total.